The minimum atomic E-state index is 0.0368. The van der Waals surface area contributed by atoms with Crippen LogP contribution in [0.25, 0.3) is 0 Å². The average Bonchev–Trinajstić information content (AvgIpc) is 3.11. The highest BCUT2D eigenvalue weighted by Gasteiger charge is 2.44. The van der Waals surface area contributed by atoms with Crippen LogP contribution >= 0.6 is 0 Å². The first-order valence-corrected chi connectivity index (χ1v) is 8.92. The molecule has 21 heavy (non-hydrogen) atoms. The van der Waals surface area contributed by atoms with Crippen LogP contribution < -0.4 is 5.32 Å². The maximum atomic E-state index is 12.7. The van der Waals surface area contributed by atoms with E-state index in [1.807, 2.05) is 0 Å². The Morgan fingerprint density at radius 3 is 2.38 bits per heavy atom. The molecular formula is C17H33N3O. The third kappa shape index (κ3) is 3.59. The van der Waals surface area contributed by atoms with E-state index in [4.69, 9.17) is 0 Å². The predicted octanol–water partition coefficient (Wildman–Crippen LogP) is 2.44. The fraction of sp³-hybridized carbons (Fsp3) is 0.941. The molecule has 2 fully saturated rings. The van der Waals surface area contributed by atoms with E-state index in [9.17, 15) is 4.79 Å². The summed E-state index contributed by atoms with van der Waals surface area (Å²) in [5.41, 5.74) is 0. The van der Waals surface area contributed by atoms with Crippen LogP contribution in [0.1, 0.15) is 59.8 Å². The topological polar surface area (TPSA) is 35.6 Å². The van der Waals surface area contributed by atoms with Crippen LogP contribution in [0.3, 0.4) is 0 Å². The van der Waals surface area contributed by atoms with Gasteiger partial charge < -0.3 is 9.80 Å². The third-order valence-corrected chi connectivity index (χ3v) is 5.37. The zero-order valence-electron chi connectivity index (χ0n) is 14.3. The van der Waals surface area contributed by atoms with E-state index in [2.05, 4.69) is 42.8 Å². The highest BCUT2D eigenvalue weighted by molar-refractivity contribution is 5.84. The van der Waals surface area contributed by atoms with E-state index in [0.29, 0.717) is 17.9 Å². The highest BCUT2D eigenvalue weighted by Crippen LogP contribution is 2.33. The second-order valence-electron chi connectivity index (χ2n) is 6.70. The quantitative estimate of drug-likeness (QED) is 0.783. The van der Waals surface area contributed by atoms with Gasteiger partial charge in [-0.1, -0.05) is 33.6 Å². The molecule has 2 aliphatic rings. The number of nitrogens with one attached hydrogen (secondary N) is 1. The lowest BCUT2D eigenvalue weighted by atomic mass is 10.0. The summed E-state index contributed by atoms with van der Waals surface area (Å²) in [5.74, 6) is 0.985. The molecule has 1 heterocycles. The number of hydrogen-bond donors (Lipinski definition) is 1. The first-order chi connectivity index (χ1) is 10.1. The zero-order chi connectivity index (χ0) is 15.4. The Morgan fingerprint density at radius 1 is 1.24 bits per heavy atom. The number of amides is 1. The molecule has 1 amide bonds. The number of likely N-dealkylation sites (N-methyl/N-ethyl adjacent to an activating group) is 1. The molecule has 3 unspecified atom stereocenters. The van der Waals surface area contributed by atoms with Gasteiger partial charge >= 0.3 is 0 Å². The van der Waals surface area contributed by atoms with Gasteiger partial charge in [-0.25, -0.2) is 0 Å². The minimum Gasteiger partial charge on any atom is -0.322 e. The molecule has 122 valence electrons. The van der Waals surface area contributed by atoms with Gasteiger partial charge in [-0.15, -0.1) is 0 Å². The first kappa shape index (κ1) is 16.8. The Balaban J connectivity index is 2.09. The van der Waals surface area contributed by atoms with E-state index in [1.54, 1.807) is 0 Å². The summed E-state index contributed by atoms with van der Waals surface area (Å²) in [5, 5.41) is 3.63. The molecule has 1 N–H and O–H groups in total. The SMILES string of the molecule is CCC1NC(C2CCCC2)N(C(C)CN(CC)CC)C1=O. The first-order valence-electron chi connectivity index (χ1n) is 8.92. The molecule has 1 aliphatic heterocycles. The van der Waals surface area contributed by atoms with Crippen molar-refractivity contribution in [3.05, 3.63) is 0 Å². The summed E-state index contributed by atoms with van der Waals surface area (Å²) in [7, 11) is 0. The molecular weight excluding hydrogens is 262 g/mol. The maximum absolute atomic E-state index is 12.7. The van der Waals surface area contributed by atoms with Crippen molar-refractivity contribution in [1.29, 1.82) is 0 Å². The molecule has 4 nitrogen and oxygen atoms in total. The van der Waals surface area contributed by atoms with Gasteiger partial charge in [0, 0.05) is 12.6 Å². The van der Waals surface area contributed by atoms with Gasteiger partial charge in [0.2, 0.25) is 5.91 Å². The summed E-state index contributed by atoms with van der Waals surface area (Å²) < 4.78 is 0. The van der Waals surface area contributed by atoms with E-state index in [0.717, 1.165) is 26.1 Å². The molecule has 2 rings (SSSR count). The molecule has 3 atom stereocenters. The van der Waals surface area contributed by atoms with E-state index in [1.165, 1.54) is 25.7 Å². The van der Waals surface area contributed by atoms with Crippen molar-refractivity contribution in [2.75, 3.05) is 19.6 Å². The van der Waals surface area contributed by atoms with Crippen molar-refractivity contribution < 1.29 is 4.79 Å². The van der Waals surface area contributed by atoms with Crippen LogP contribution in [-0.4, -0.2) is 53.6 Å². The molecule has 0 aromatic rings. The number of rotatable bonds is 7. The van der Waals surface area contributed by atoms with Gasteiger partial charge in [0.15, 0.2) is 0 Å². The van der Waals surface area contributed by atoms with Crippen LogP contribution in [0.4, 0.5) is 0 Å². The summed E-state index contributed by atoms with van der Waals surface area (Å²) in [6, 6.07) is 0.335. The Morgan fingerprint density at radius 2 is 1.86 bits per heavy atom. The maximum Gasteiger partial charge on any atom is 0.241 e. The molecule has 1 saturated carbocycles. The van der Waals surface area contributed by atoms with Crippen molar-refractivity contribution in [2.24, 2.45) is 5.92 Å². The van der Waals surface area contributed by atoms with Crippen molar-refractivity contribution in [1.82, 2.24) is 15.1 Å². The number of carbonyl (C=O) groups is 1. The van der Waals surface area contributed by atoms with Gasteiger partial charge in [0.1, 0.15) is 0 Å². The Kier molecular flexibility index (Phi) is 6.06. The second-order valence-corrected chi connectivity index (χ2v) is 6.70. The van der Waals surface area contributed by atoms with E-state index in [-0.39, 0.29) is 12.2 Å². The van der Waals surface area contributed by atoms with Crippen LogP contribution in [0.2, 0.25) is 0 Å². The second kappa shape index (κ2) is 7.59. The number of carbonyl (C=O) groups excluding carboxylic acids is 1. The molecule has 0 aromatic carbocycles. The Bertz CT molecular complexity index is 337. The summed E-state index contributed by atoms with van der Waals surface area (Å²) in [6.07, 6.45) is 6.37. The Labute approximate surface area is 130 Å². The van der Waals surface area contributed by atoms with Gasteiger partial charge in [-0.3, -0.25) is 10.1 Å². The largest absolute Gasteiger partial charge is 0.322 e. The fourth-order valence-electron chi connectivity index (χ4n) is 4.04. The molecule has 1 saturated heterocycles. The van der Waals surface area contributed by atoms with E-state index >= 15 is 0 Å². The lowest BCUT2D eigenvalue weighted by Crippen LogP contribution is -2.50. The fourth-order valence-corrected chi connectivity index (χ4v) is 4.04. The highest BCUT2D eigenvalue weighted by atomic mass is 16.2. The smallest absolute Gasteiger partial charge is 0.241 e. The van der Waals surface area contributed by atoms with Gasteiger partial charge in [-0.05, 0) is 45.2 Å². The van der Waals surface area contributed by atoms with Crippen molar-refractivity contribution in [2.45, 2.75) is 78.0 Å². The monoisotopic (exact) mass is 295 g/mol. The van der Waals surface area contributed by atoms with E-state index < -0.39 is 0 Å². The standard InChI is InChI=1S/C17H33N3O/c1-5-15-17(21)20(13(4)12-19(6-2)7-3)16(18-15)14-10-8-9-11-14/h13-16,18H,5-12H2,1-4H3. The minimum absolute atomic E-state index is 0.0368. The van der Waals surface area contributed by atoms with Crippen LogP contribution in [0.15, 0.2) is 0 Å². The van der Waals surface area contributed by atoms with Crippen LogP contribution in [-0.2, 0) is 4.79 Å². The molecule has 4 heteroatoms. The molecule has 1 aliphatic carbocycles. The summed E-state index contributed by atoms with van der Waals surface area (Å²) >= 11 is 0. The zero-order valence-corrected chi connectivity index (χ0v) is 14.3. The Hall–Kier alpha value is -0.610. The number of nitrogens with zero attached hydrogens (tertiary/aromatic N) is 2. The predicted molar refractivity (Wildman–Crippen MR) is 87.1 cm³/mol. The van der Waals surface area contributed by atoms with Crippen LogP contribution in [0, 0.1) is 5.92 Å². The van der Waals surface area contributed by atoms with Gasteiger partial charge in [0.05, 0.1) is 12.2 Å². The van der Waals surface area contributed by atoms with Gasteiger partial charge in [-0.2, -0.15) is 0 Å². The van der Waals surface area contributed by atoms with Crippen LogP contribution in [0.5, 0.6) is 0 Å². The van der Waals surface area contributed by atoms with Crippen molar-refractivity contribution in [3.8, 4) is 0 Å². The lowest BCUT2D eigenvalue weighted by molar-refractivity contribution is -0.133. The van der Waals surface area contributed by atoms with Crippen molar-refractivity contribution in [3.63, 3.8) is 0 Å². The lowest BCUT2D eigenvalue weighted by Gasteiger charge is -2.36. The normalized spacial score (nSPS) is 28.8. The average molecular weight is 295 g/mol. The molecule has 0 bridgehead atoms. The molecule has 0 spiro atoms. The molecule has 0 radical (unpaired) electrons. The summed E-state index contributed by atoms with van der Waals surface area (Å²) in [6.45, 7) is 11.8. The molecule has 0 aromatic heterocycles. The summed E-state index contributed by atoms with van der Waals surface area (Å²) in [4.78, 5) is 17.4. The number of hydrogen-bond acceptors (Lipinski definition) is 3. The third-order valence-electron chi connectivity index (χ3n) is 5.37. The van der Waals surface area contributed by atoms with Gasteiger partial charge in [0.25, 0.3) is 0 Å². The van der Waals surface area contributed by atoms with Crippen molar-refractivity contribution >= 4 is 5.91 Å².